The number of carbonyl (C=O) groups is 2. The van der Waals surface area contributed by atoms with Crippen molar-refractivity contribution in [2.45, 2.75) is 25.1 Å². The molecule has 0 aliphatic heterocycles. The van der Waals surface area contributed by atoms with Crippen molar-refractivity contribution in [1.82, 2.24) is 5.32 Å². The summed E-state index contributed by atoms with van der Waals surface area (Å²) in [5, 5.41) is 11.4. The van der Waals surface area contributed by atoms with Crippen molar-refractivity contribution < 1.29 is 23.6 Å². The van der Waals surface area contributed by atoms with Crippen LogP contribution in [0.3, 0.4) is 0 Å². The van der Waals surface area contributed by atoms with Crippen molar-refractivity contribution in [3.63, 3.8) is 0 Å². The number of carboxylic acids is 1. The Bertz CT molecular complexity index is 804. The van der Waals surface area contributed by atoms with Crippen LogP contribution in [-0.2, 0) is 27.9 Å². The number of ether oxygens (including phenoxy) is 1. The minimum absolute atomic E-state index is 0.0828. The number of rotatable bonds is 10. The third-order valence-electron chi connectivity index (χ3n) is 3.74. The Labute approximate surface area is 161 Å². The molecule has 0 spiro atoms. The molecule has 2 aromatic rings. The van der Waals surface area contributed by atoms with E-state index in [2.05, 4.69) is 5.32 Å². The van der Waals surface area contributed by atoms with Crippen LogP contribution in [0.1, 0.15) is 34.3 Å². The SMILES string of the molecule is CS(=O)Cc1cccc(C(=O)NCc2ccc(OCCCC(=O)O)cc2)c1. The standard InChI is InChI=1S/C20H23NO5S/c1-27(25)14-16-4-2-5-17(12-16)20(24)21-13-15-7-9-18(10-8-15)26-11-3-6-19(22)23/h2,4-5,7-10,12H,3,6,11,13-14H2,1H3,(H,21,24)(H,22,23). The predicted molar refractivity (Wildman–Crippen MR) is 104 cm³/mol. The third-order valence-corrected chi connectivity index (χ3v) is 4.48. The Morgan fingerprint density at radius 2 is 1.85 bits per heavy atom. The smallest absolute Gasteiger partial charge is 0.303 e. The number of carbonyl (C=O) groups excluding carboxylic acids is 1. The summed E-state index contributed by atoms with van der Waals surface area (Å²) in [4.78, 5) is 22.7. The molecule has 7 heteroatoms. The van der Waals surface area contributed by atoms with Gasteiger partial charge in [-0.2, -0.15) is 0 Å². The van der Waals surface area contributed by atoms with Gasteiger partial charge in [0.25, 0.3) is 5.91 Å². The summed E-state index contributed by atoms with van der Waals surface area (Å²) >= 11 is 0. The molecule has 6 nitrogen and oxygen atoms in total. The second-order valence-corrected chi connectivity index (χ2v) is 7.53. The number of benzene rings is 2. The van der Waals surface area contributed by atoms with Gasteiger partial charge in [0.05, 0.1) is 6.61 Å². The highest BCUT2D eigenvalue weighted by atomic mass is 32.2. The lowest BCUT2D eigenvalue weighted by molar-refractivity contribution is -0.137. The fourth-order valence-corrected chi connectivity index (χ4v) is 3.09. The van der Waals surface area contributed by atoms with Crippen molar-refractivity contribution >= 4 is 22.7 Å². The molecule has 27 heavy (non-hydrogen) atoms. The van der Waals surface area contributed by atoms with Crippen LogP contribution in [0.4, 0.5) is 0 Å². The lowest BCUT2D eigenvalue weighted by Crippen LogP contribution is -2.22. The van der Waals surface area contributed by atoms with E-state index in [0.29, 0.717) is 36.6 Å². The zero-order valence-corrected chi connectivity index (χ0v) is 16.0. The Hall–Kier alpha value is -2.67. The van der Waals surface area contributed by atoms with Gasteiger partial charge in [-0.1, -0.05) is 24.3 Å². The maximum Gasteiger partial charge on any atom is 0.303 e. The highest BCUT2D eigenvalue weighted by Gasteiger charge is 2.07. The van der Waals surface area contributed by atoms with Crippen LogP contribution in [0.15, 0.2) is 48.5 Å². The van der Waals surface area contributed by atoms with Crippen molar-refractivity contribution in [2.75, 3.05) is 12.9 Å². The van der Waals surface area contributed by atoms with E-state index >= 15 is 0 Å². The van der Waals surface area contributed by atoms with Crippen molar-refractivity contribution in [3.05, 3.63) is 65.2 Å². The Morgan fingerprint density at radius 1 is 1.11 bits per heavy atom. The molecule has 1 atom stereocenters. The van der Waals surface area contributed by atoms with Gasteiger partial charge in [-0.3, -0.25) is 13.8 Å². The summed E-state index contributed by atoms with van der Waals surface area (Å²) in [6.45, 7) is 0.726. The summed E-state index contributed by atoms with van der Waals surface area (Å²) in [5.41, 5.74) is 2.33. The molecule has 0 saturated heterocycles. The lowest BCUT2D eigenvalue weighted by atomic mass is 10.1. The van der Waals surface area contributed by atoms with E-state index in [1.54, 1.807) is 36.6 Å². The van der Waals surface area contributed by atoms with E-state index in [-0.39, 0.29) is 12.3 Å². The molecular formula is C20H23NO5S. The van der Waals surface area contributed by atoms with Crippen LogP contribution in [-0.4, -0.2) is 34.1 Å². The molecule has 0 radical (unpaired) electrons. The molecule has 2 rings (SSSR count). The van der Waals surface area contributed by atoms with Gasteiger partial charge in [0, 0.05) is 41.3 Å². The molecule has 0 fully saturated rings. The van der Waals surface area contributed by atoms with Gasteiger partial charge in [0.1, 0.15) is 5.75 Å². The summed E-state index contributed by atoms with van der Waals surface area (Å²) in [6.07, 6.45) is 2.17. The van der Waals surface area contributed by atoms with Gasteiger partial charge < -0.3 is 15.2 Å². The monoisotopic (exact) mass is 389 g/mol. The normalized spacial score (nSPS) is 11.6. The molecule has 0 saturated carbocycles. The van der Waals surface area contributed by atoms with Gasteiger partial charge in [-0.05, 0) is 41.8 Å². The van der Waals surface area contributed by atoms with Crippen LogP contribution < -0.4 is 10.1 Å². The number of aliphatic carboxylic acids is 1. The number of hydrogen-bond acceptors (Lipinski definition) is 4. The van der Waals surface area contributed by atoms with E-state index in [4.69, 9.17) is 9.84 Å². The molecular weight excluding hydrogens is 366 g/mol. The first-order valence-corrected chi connectivity index (χ1v) is 10.3. The minimum Gasteiger partial charge on any atom is -0.494 e. The molecule has 0 aliphatic carbocycles. The van der Waals surface area contributed by atoms with E-state index in [1.165, 1.54) is 0 Å². The topological polar surface area (TPSA) is 92.7 Å². The maximum absolute atomic E-state index is 12.3. The fraction of sp³-hybridized carbons (Fsp3) is 0.300. The first-order chi connectivity index (χ1) is 12.9. The molecule has 0 aliphatic rings. The fourth-order valence-electron chi connectivity index (χ4n) is 2.44. The largest absolute Gasteiger partial charge is 0.494 e. The van der Waals surface area contributed by atoms with E-state index in [0.717, 1.165) is 11.1 Å². The van der Waals surface area contributed by atoms with E-state index < -0.39 is 16.8 Å². The quantitative estimate of drug-likeness (QED) is 0.610. The average molecular weight is 389 g/mol. The molecule has 1 unspecified atom stereocenters. The molecule has 2 N–H and O–H groups in total. The summed E-state index contributed by atoms with van der Waals surface area (Å²) in [7, 11) is -0.952. The van der Waals surface area contributed by atoms with Gasteiger partial charge in [0.2, 0.25) is 0 Å². The van der Waals surface area contributed by atoms with Crippen LogP contribution in [0.25, 0.3) is 0 Å². The molecule has 0 aromatic heterocycles. The highest BCUT2D eigenvalue weighted by Crippen LogP contribution is 2.13. The Morgan fingerprint density at radius 3 is 2.52 bits per heavy atom. The van der Waals surface area contributed by atoms with Gasteiger partial charge >= 0.3 is 5.97 Å². The van der Waals surface area contributed by atoms with Gasteiger partial charge in [-0.15, -0.1) is 0 Å². The Kier molecular flexibility index (Phi) is 8.00. The molecule has 0 bridgehead atoms. The van der Waals surface area contributed by atoms with Crippen molar-refractivity contribution in [3.8, 4) is 5.75 Å². The second-order valence-electron chi connectivity index (χ2n) is 6.09. The van der Waals surface area contributed by atoms with Crippen LogP contribution in [0, 0.1) is 0 Å². The zero-order valence-electron chi connectivity index (χ0n) is 15.1. The van der Waals surface area contributed by atoms with Gasteiger partial charge in [-0.25, -0.2) is 0 Å². The maximum atomic E-state index is 12.3. The molecule has 144 valence electrons. The van der Waals surface area contributed by atoms with Crippen molar-refractivity contribution in [2.24, 2.45) is 0 Å². The number of nitrogens with one attached hydrogen (secondary N) is 1. The lowest BCUT2D eigenvalue weighted by Gasteiger charge is -2.09. The Balaban J connectivity index is 1.83. The van der Waals surface area contributed by atoms with Crippen LogP contribution in [0.2, 0.25) is 0 Å². The number of amides is 1. The van der Waals surface area contributed by atoms with Crippen LogP contribution >= 0.6 is 0 Å². The highest BCUT2D eigenvalue weighted by molar-refractivity contribution is 7.83. The molecule has 2 aromatic carbocycles. The zero-order chi connectivity index (χ0) is 19.6. The average Bonchev–Trinajstić information content (AvgIpc) is 2.64. The van der Waals surface area contributed by atoms with Crippen molar-refractivity contribution in [1.29, 1.82) is 0 Å². The number of carboxylic acid groups (broad SMARTS) is 1. The summed E-state index contributed by atoms with van der Waals surface area (Å²) in [6, 6.07) is 14.4. The number of hydrogen-bond donors (Lipinski definition) is 2. The molecule has 1 amide bonds. The first kappa shape index (κ1) is 20.6. The van der Waals surface area contributed by atoms with E-state index in [9.17, 15) is 13.8 Å². The second kappa shape index (κ2) is 10.5. The van der Waals surface area contributed by atoms with Gasteiger partial charge in [0.15, 0.2) is 0 Å². The minimum atomic E-state index is -0.952. The summed E-state index contributed by atoms with van der Waals surface area (Å²) in [5.74, 6) is 0.0661. The third kappa shape index (κ3) is 7.62. The van der Waals surface area contributed by atoms with Crippen LogP contribution in [0.5, 0.6) is 5.75 Å². The predicted octanol–water partition coefficient (Wildman–Crippen LogP) is 2.74. The van der Waals surface area contributed by atoms with E-state index in [1.807, 2.05) is 18.2 Å². The summed E-state index contributed by atoms with van der Waals surface area (Å²) < 4.78 is 16.8. The molecule has 0 heterocycles. The first-order valence-electron chi connectivity index (χ1n) is 8.55.